The molecule has 0 unspecified atom stereocenters. The summed E-state index contributed by atoms with van der Waals surface area (Å²) in [6.45, 7) is 26.1. The molecule has 0 spiro atoms. The third-order valence-electron chi connectivity index (χ3n) is 6.21. The first-order chi connectivity index (χ1) is 16.2. The third kappa shape index (κ3) is 7.02. The van der Waals surface area contributed by atoms with Crippen LogP contribution in [0.3, 0.4) is 0 Å². The van der Waals surface area contributed by atoms with Crippen molar-refractivity contribution in [3.05, 3.63) is 78.9 Å². The second-order valence-electron chi connectivity index (χ2n) is 14.0. The van der Waals surface area contributed by atoms with Crippen LogP contribution in [0, 0.1) is 10.8 Å². The number of hydrogen-bond donors (Lipinski definition) is 1. The van der Waals surface area contributed by atoms with Crippen LogP contribution >= 0.6 is 0 Å². The van der Waals surface area contributed by atoms with Crippen molar-refractivity contribution >= 4 is 26.8 Å². The average molecular weight is 572 g/mol. The summed E-state index contributed by atoms with van der Waals surface area (Å²) >= 11 is 0.271. The fraction of sp³-hybridized carbons (Fsp3) is 0.500. The minimum absolute atomic E-state index is 0. The van der Waals surface area contributed by atoms with Gasteiger partial charge in [0.1, 0.15) is 0 Å². The number of rotatable bonds is 2. The first-order valence-corrected chi connectivity index (χ1v) is 14.4. The van der Waals surface area contributed by atoms with Gasteiger partial charge < -0.3 is 5.48 Å². The monoisotopic (exact) mass is 572 g/mol. The molecular weight excluding hydrogens is 527 g/mol. The third-order valence-corrected chi connectivity index (χ3v) is 10.2. The Morgan fingerprint density at radius 2 is 1.16 bits per heavy atom. The van der Waals surface area contributed by atoms with Crippen molar-refractivity contribution in [3.63, 3.8) is 0 Å². The summed E-state index contributed by atoms with van der Waals surface area (Å²) in [5.41, 5.74) is 2.34. The SMILES string of the molecule is CC(C)(C)C1=CC(=CC2=C(O)C(=Cc3cc(C(C)(C)C)[o+]c(C(C)(C)C)c3)C2=O)C=C(C(C)(C)C)[Se]1.[OH-]. The van der Waals surface area contributed by atoms with E-state index >= 15 is 0 Å². The van der Waals surface area contributed by atoms with Gasteiger partial charge in [-0.1, -0.05) is 0 Å². The molecule has 0 saturated carbocycles. The van der Waals surface area contributed by atoms with Gasteiger partial charge in [-0.05, 0) is 41.5 Å². The van der Waals surface area contributed by atoms with Crippen molar-refractivity contribution in [2.24, 2.45) is 10.8 Å². The molecule has 0 aromatic carbocycles. The van der Waals surface area contributed by atoms with Gasteiger partial charge in [-0.3, -0.25) is 0 Å². The number of allylic oxidation sites excluding steroid dienone is 8. The Kier molecular flexibility index (Phi) is 8.52. The molecule has 2 aliphatic rings. The van der Waals surface area contributed by atoms with Crippen LogP contribution < -0.4 is 0 Å². The molecule has 202 valence electrons. The zero-order valence-electron chi connectivity index (χ0n) is 24.6. The van der Waals surface area contributed by atoms with Crippen molar-refractivity contribution in [2.75, 3.05) is 0 Å². The van der Waals surface area contributed by atoms with Gasteiger partial charge in [0.15, 0.2) is 0 Å². The molecule has 37 heavy (non-hydrogen) atoms. The summed E-state index contributed by atoms with van der Waals surface area (Å²) in [4.78, 5) is 13.2. The first kappa shape index (κ1) is 31.0. The number of carbonyl (C=O) groups is 1. The molecule has 1 aliphatic heterocycles. The van der Waals surface area contributed by atoms with Gasteiger partial charge in [-0.15, -0.1) is 0 Å². The molecule has 1 aromatic rings. The number of Topliss-reactive ketones (excluding diaryl/α,β-unsaturated/α-hetero) is 1. The van der Waals surface area contributed by atoms with Crippen LogP contribution in [-0.2, 0) is 15.6 Å². The van der Waals surface area contributed by atoms with E-state index in [1.807, 2.05) is 18.2 Å². The minimum Gasteiger partial charge on any atom is -0.870 e. The molecule has 0 amide bonds. The standard InChI is InChI=1S/C32H42O3Se.H2O/c1-29(2,3)23-15-19(16-24(35-23)30(4,5)6)13-21-27(33)22(28(21)34)14-20-17-25(31(7,8)9)36-26(18-20)32(10,11)12;/h13-18H,1-12H3;1H2. The van der Waals surface area contributed by atoms with Gasteiger partial charge in [0.25, 0.3) is 0 Å². The maximum absolute atomic E-state index is 13.2. The van der Waals surface area contributed by atoms with Crippen LogP contribution in [0.15, 0.2) is 66.2 Å². The number of ketones is 1. The van der Waals surface area contributed by atoms with E-state index in [2.05, 4.69) is 95.2 Å². The molecule has 0 fully saturated rings. The predicted octanol–water partition coefficient (Wildman–Crippen LogP) is 8.26. The average Bonchev–Trinajstić information content (AvgIpc) is 2.72. The molecule has 5 heteroatoms. The number of aliphatic hydroxyl groups is 1. The molecule has 2 N–H and O–H groups in total. The fourth-order valence-corrected chi connectivity index (χ4v) is 6.33. The van der Waals surface area contributed by atoms with E-state index in [0.717, 1.165) is 22.7 Å². The largest absolute Gasteiger partial charge is 0.870 e. The summed E-state index contributed by atoms with van der Waals surface area (Å²) in [6.07, 6.45) is 8.04. The van der Waals surface area contributed by atoms with Crippen LogP contribution in [0.25, 0.3) is 6.08 Å². The van der Waals surface area contributed by atoms with E-state index in [4.69, 9.17) is 4.42 Å². The van der Waals surface area contributed by atoms with E-state index in [0.29, 0.717) is 11.1 Å². The molecule has 1 aliphatic carbocycles. The van der Waals surface area contributed by atoms with E-state index < -0.39 is 0 Å². The molecular formula is C32H44O4Se. The summed E-state index contributed by atoms with van der Waals surface area (Å²) in [7, 11) is 0. The Bertz CT molecular complexity index is 1180. The Balaban J connectivity index is 0.00000481. The van der Waals surface area contributed by atoms with Crippen LogP contribution in [-0.4, -0.2) is 31.3 Å². The van der Waals surface area contributed by atoms with Crippen LogP contribution in [0.5, 0.6) is 0 Å². The van der Waals surface area contributed by atoms with Gasteiger partial charge >= 0.3 is 183 Å². The van der Waals surface area contributed by atoms with Crippen LogP contribution in [0.2, 0.25) is 0 Å². The summed E-state index contributed by atoms with van der Waals surface area (Å²) in [5, 5.41) is 10.9. The van der Waals surface area contributed by atoms with Gasteiger partial charge in [-0.2, -0.15) is 0 Å². The van der Waals surface area contributed by atoms with Crippen LogP contribution in [0.4, 0.5) is 0 Å². The van der Waals surface area contributed by atoms with Crippen molar-refractivity contribution in [2.45, 2.75) is 93.9 Å². The zero-order valence-corrected chi connectivity index (χ0v) is 26.3. The Labute approximate surface area is 229 Å². The second-order valence-corrected chi connectivity index (χ2v) is 16.3. The fourth-order valence-electron chi connectivity index (χ4n) is 3.73. The quantitative estimate of drug-likeness (QED) is 0.220. The van der Waals surface area contributed by atoms with E-state index in [9.17, 15) is 9.90 Å². The van der Waals surface area contributed by atoms with E-state index in [-0.39, 0.29) is 53.6 Å². The Hall–Kier alpha value is -2.20. The zero-order chi connectivity index (χ0) is 27.4. The van der Waals surface area contributed by atoms with Crippen molar-refractivity contribution in [1.82, 2.24) is 0 Å². The van der Waals surface area contributed by atoms with Crippen molar-refractivity contribution in [3.8, 4) is 0 Å². The predicted molar refractivity (Wildman–Crippen MR) is 154 cm³/mol. The minimum atomic E-state index is -0.178. The Morgan fingerprint density at radius 3 is 1.51 bits per heavy atom. The number of hydrogen-bond acceptors (Lipinski definition) is 3. The molecule has 0 bridgehead atoms. The van der Waals surface area contributed by atoms with Crippen molar-refractivity contribution in [1.29, 1.82) is 0 Å². The number of aliphatic hydroxyl groups excluding tert-OH is 1. The number of carbonyl (C=O) groups excluding carboxylic acids is 1. The van der Waals surface area contributed by atoms with Crippen molar-refractivity contribution < 1.29 is 19.8 Å². The summed E-state index contributed by atoms with van der Waals surface area (Å²) in [5.74, 6) is 1.64. The topological polar surface area (TPSA) is 78.6 Å². The molecule has 4 nitrogen and oxygen atoms in total. The smallest absolute Gasteiger partial charge is 0.870 e. The van der Waals surface area contributed by atoms with Gasteiger partial charge in [0.05, 0.1) is 0 Å². The summed E-state index contributed by atoms with van der Waals surface area (Å²) in [6, 6.07) is 3.94. The van der Waals surface area contributed by atoms with Crippen LogP contribution in [0.1, 0.15) is 100 Å². The molecule has 0 saturated heterocycles. The first-order valence-electron chi connectivity index (χ1n) is 12.7. The van der Waals surface area contributed by atoms with Gasteiger partial charge in [0, 0.05) is 0 Å². The molecule has 3 rings (SSSR count). The molecule has 0 atom stereocenters. The van der Waals surface area contributed by atoms with E-state index in [1.165, 1.54) is 8.94 Å². The second kappa shape index (κ2) is 10.2. The Morgan fingerprint density at radius 1 is 0.730 bits per heavy atom. The summed E-state index contributed by atoms with van der Waals surface area (Å²) < 4.78 is 9.01. The molecule has 2 heterocycles. The van der Waals surface area contributed by atoms with E-state index in [1.54, 1.807) is 6.08 Å². The van der Waals surface area contributed by atoms with Gasteiger partial charge in [0.2, 0.25) is 0 Å². The molecule has 1 aromatic heterocycles. The normalized spacial score (nSPS) is 18.3. The maximum atomic E-state index is 13.2. The molecule has 0 radical (unpaired) electrons. The maximum Gasteiger partial charge on any atom is -0.870 e. The van der Waals surface area contributed by atoms with Gasteiger partial charge in [-0.25, -0.2) is 0 Å².